The van der Waals surface area contributed by atoms with Crippen LogP contribution in [0.1, 0.15) is 5.56 Å². The average molecular weight is 414 g/mol. The van der Waals surface area contributed by atoms with E-state index < -0.39 is 4.92 Å². The van der Waals surface area contributed by atoms with Gasteiger partial charge in [-0.25, -0.2) is 5.43 Å². The van der Waals surface area contributed by atoms with E-state index >= 15 is 0 Å². The van der Waals surface area contributed by atoms with Crippen LogP contribution in [-0.2, 0) is 9.47 Å². The molecule has 1 aromatic heterocycles. The summed E-state index contributed by atoms with van der Waals surface area (Å²) in [4.78, 5) is 28.3. The number of hydrazone groups is 1. The van der Waals surface area contributed by atoms with Crippen molar-refractivity contribution in [3.05, 3.63) is 39.9 Å². The molecule has 0 bridgehead atoms. The molecule has 30 heavy (non-hydrogen) atoms. The second-order valence-corrected chi connectivity index (χ2v) is 6.64. The van der Waals surface area contributed by atoms with Crippen LogP contribution in [0.3, 0.4) is 0 Å². The summed E-state index contributed by atoms with van der Waals surface area (Å²) in [6.07, 6.45) is 1.38. The lowest BCUT2D eigenvalue weighted by atomic mass is 10.2. The smallest absolute Gasteiger partial charge is 0.278 e. The van der Waals surface area contributed by atoms with Crippen molar-refractivity contribution in [1.29, 1.82) is 0 Å². The molecule has 158 valence electrons. The monoisotopic (exact) mass is 414 g/mol. The molecule has 12 nitrogen and oxygen atoms in total. The Balaban J connectivity index is 1.57. The minimum Gasteiger partial charge on any atom is -0.378 e. The van der Waals surface area contributed by atoms with Gasteiger partial charge in [0.25, 0.3) is 5.69 Å². The summed E-state index contributed by atoms with van der Waals surface area (Å²) in [5, 5.41) is 15.3. The lowest BCUT2D eigenvalue weighted by molar-refractivity contribution is -0.385. The van der Waals surface area contributed by atoms with Gasteiger partial charge in [0, 0.05) is 32.2 Å². The number of benzene rings is 1. The van der Waals surface area contributed by atoms with Gasteiger partial charge in [-0.05, 0) is 6.07 Å². The van der Waals surface area contributed by atoms with Gasteiger partial charge in [0.15, 0.2) is 0 Å². The number of hydrogen-bond acceptors (Lipinski definition) is 11. The van der Waals surface area contributed by atoms with Crippen LogP contribution < -0.4 is 15.2 Å². The second kappa shape index (κ2) is 9.41. The Bertz CT molecular complexity index is 877. The molecule has 0 atom stereocenters. The normalized spacial score (nSPS) is 17.3. The summed E-state index contributed by atoms with van der Waals surface area (Å²) in [5.41, 5.74) is 3.14. The minimum absolute atomic E-state index is 0.0262. The van der Waals surface area contributed by atoms with Gasteiger partial charge in [-0.3, -0.25) is 10.1 Å². The van der Waals surface area contributed by atoms with E-state index in [1.165, 1.54) is 12.3 Å². The molecule has 0 unspecified atom stereocenters. The number of rotatable bonds is 6. The Kier molecular flexibility index (Phi) is 6.25. The van der Waals surface area contributed by atoms with Gasteiger partial charge in [0.1, 0.15) is 0 Å². The zero-order valence-corrected chi connectivity index (χ0v) is 16.3. The largest absolute Gasteiger partial charge is 0.378 e. The van der Waals surface area contributed by atoms with Crippen LogP contribution in [0.4, 0.5) is 23.5 Å². The number of morpholine rings is 2. The van der Waals surface area contributed by atoms with Gasteiger partial charge >= 0.3 is 0 Å². The molecule has 12 heteroatoms. The van der Waals surface area contributed by atoms with E-state index in [0.29, 0.717) is 70.1 Å². The number of nitrogens with one attached hydrogen (secondary N) is 1. The van der Waals surface area contributed by atoms with Crippen LogP contribution in [0.5, 0.6) is 0 Å². The van der Waals surface area contributed by atoms with Crippen LogP contribution in [0.25, 0.3) is 0 Å². The lowest BCUT2D eigenvalue weighted by Gasteiger charge is -2.30. The van der Waals surface area contributed by atoms with Gasteiger partial charge in [-0.2, -0.15) is 20.1 Å². The molecule has 2 fully saturated rings. The lowest BCUT2D eigenvalue weighted by Crippen LogP contribution is -2.40. The maximum Gasteiger partial charge on any atom is 0.278 e. The zero-order chi connectivity index (χ0) is 20.8. The van der Waals surface area contributed by atoms with Gasteiger partial charge < -0.3 is 19.3 Å². The average Bonchev–Trinajstić information content (AvgIpc) is 2.80. The molecular formula is C18H22N8O4. The molecule has 0 saturated carbocycles. The van der Waals surface area contributed by atoms with Gasteiger partial charge in [-0.1, -0.05) is 12.1 Å². The van der Waals surface area contributed by atoms with Crippen molar-refractivity contribution in [3.8, 4) is 0 Å². The number of nitro groups is 1. The van der Waals surface area contributed by atoms with Crippen molar-refractivity contribution in [2.24, 2.45) is 5.10 Å². The molecular weight excluding hydrogens is 392 g/mol. The van der Waals surface area contributed by atoms with Crippen molar-refractivity contribution >= 4 is 29.7 Å². The van der Waals surface area contributed by atoms with Gasteiger partial charge in [0.05, 0.1) is 43.1 Å². The van der Waals surface area contributed by atoms with Gasteiger partial charge in [-0.15, -0.1) is 0 Å². The molecule has 2 aliphatic rings. The number of hydrogen-bond donors (Lipinski definition) is 1. The highest BCUT2D eigenvalue weighted by molar-refractivity contribution is 5.85. The maximum atomic E-state index is 11.2. The van der Waals surface area contributed by atoms with Crippen molar-refractivity contribution in [1.82, 2.24) is 15.0 Å². The third-order valence-corrected chi connectivity index (χ3v) is 4.70. The maximum absolute atomic E-state index is 11.2. The first-order valence-corrected chi connectivity index (χ1v) is 9.65. The molecule has 3 heterocycles. The van der Waals surface area contributed by atoms with Crippen LogP contribution >= 0.6 is 0 Å². The Morgan fingerprint density at radius 2 is 1.53 bits per heavy atom. The summed E-state index contributed by atoms with van der Waals surface area (Å²) < 4.78 is 10.8. The molecule has 0 radical (unpaired) electrons. The quantitative estimate of drug-likeness (QED) is 0.413. The van der Waals surface area contributed by atoms with Crippen LogP contribution in [0.2, 0.25) is 0 Å². The molecule has 0 aliphatic carbocycles. The Labute approximate surface area is 172 Å². The fraction of sp³-hybridized carbons (Fsp3) is 0.444. The number of anilines is 3. The highest BCUT2D eigenvalue weighted by Gasteiger charge is 2.20. The molecule has 0 amide bonds. The van der Waals surface area contributed by atoms with Crippen molar-refractivity contribution < 1.29 is 14.4 Å². The Hall–Kier alpha value is -3.38. The van der Waals surface area contributed by atoms with Crippen LogP contribution in [0.15, 0.2) is 29.4 Å². The van der Waals surface area contributed by atoms with Crippen LogP contribution in [0, 0.1) is 10.1 Å². The minimum atomic E-state index is -0.447. The first kappa shape index (κ1) is 19.9. The Morgan fingerprint density at radius 3 is 2.10 bits per heavy atom. The first-order chi connectivity index (χ1) is 14.7. The number of ether oxygens (including phenoxy) is 2. The summed E-state index contributed by atoms with van der Waals surface area (Å²) >= 11 is 0. The number of nitro benzene ring substituents is 1. The molecule has 2 aliphatic heterocycles. The predicted octanol–water partition coefficient (Wildman–Crippen LogP) is 0.899. The van der Waals surface area contributed by atoms with Crippen molar-refractivity contribution in [2.45, 2.75) is 0 Å². The molecule has 0 spiro atoms. The molecule has 2 saturated heterocycles. The van der Waals surface area contributed by atoms with Crippen LogP contribution in [-0.4, -0.2) is 78.7 Å². The molecule has 2 aromatic rings. The van der Waals surface area contributed by atoms with E-state index in [1.807, 2.05) is 9.80 Å². The van der Waals surface area contributed by atoms with E-state index in [0.717, 1.165) is 0 Å². The molecule has 4 rings (SSSR count). The summed E-state index contributed by atoms with van der Waals surface area (Å²) in [6.45, 7) is 5.18. The van der Waals surface area contributed by atoms with E-state index in [2.05, 4.69) is 25.5 Å². The van der Waals surface area contributed by atoms with E-state index in [9.17, 15) is 10.1 Å². The van der Waals surface area contributed by atoms with Gasteiger partial charge in [0.2, 0.25) is 17.8 Å². The fourth-order valence-corrected chi connectivity index (χ4v) is 3.14. The third kappa shape index (κ3) is 4.78. The third-order valence-electron chi connectivity index (χ3n) is 4.70. The highest BCUT2D eigenvalue weighted by atomic mass is 16.6. The Morgan fingerprint density at radius 1 is 0.967 bits per heavy atom. The molecule has 1 aromatic carbocycles. The molecule has 1 N–H and O–H groups in total. The first-order valence-electron chi connectivity index (χ1n) is 9.65. The SMILES string of the molecule is O=[N+]([O-])c1ccccc1/C=N/Nc1nc(N2CCOCC2)nc(N2CCOCC2)n1. The summed E-state index contributed by atoms with van der Waals surface area (Å²) in [6, 6.07) is 6.37. The number of aromatic nitrogens is 3. The van der Waals surface area contributed by atoms with Crippen molar-refractivity contribution in [2.75, 3.05) is 67.8 Å². The number of nitrogens with zero attached hydrogens (tertiary/aromatic N) is 7. The number of para-hydroxylation sites is 1. The highest BCUT2D eigenvalue weighted by Crippen LogP contribution is 2.19. The summed E-state index contributed by atoms with van der Waals surface area (Å²) in [7, 11) is 0. The fourth-order valence-electron chi connectivity index (χ4n) is 3.14. The van der Waals surface area contributed by atoms with E-state index in [4.69, 9.17) is 9.47 Å². The summed E-state index contributed by atoms with van der Waals surface area (Å²) in [5.74, 6) is 1.35. The topological polar surface area (TPSA) is 131 Å². The van der Waals surface area contributed by atoms with E-state index in [1.54, 1.807) is 18.2 Å². The van der Waals surface area contributed by atoms with Crippen molar-refractivity contribution in [3.63, 3.8) is 0 Å². The van der Waals surface area contributed by atoms with E-state index in [-0.39, 0.29) is 11.6 Å². The second-order valence-electron chi connectivity index (χ2n) is 6.64. The standard InChI is InChI=1S/C18H22N8O4/c27-26(28)15-4-2-1-3-14(15)13-19-23-16-20-17(24-5-9-29-10-6-24)22-18(21-16)25-7-11-30-12-8-25/h1-4,13H,5-12H2,(H,20,21,22,23)/b19-13+. The zero-order valence-electron chi connectivity index (χ0n) is 16.3. The predicted molar refractivity (Wildman–Crippen MR) is 110 cm³/mol.